The SMILES string of the molecule is COc1ccc(S(=O)(=O)N2CCN(S(=O)(=O)c3ccc4c(c3)CCCO4)CC2)cc1OC. The molecule has 174 valence electrons. The van der Waals surface area contributed by atoms with Gasteiger partial charge in [0.05, 0.1) is 30.6 Å². The normalized spacial score (nSPS) is 17.9. The van der Waals surface area contributed by atoms with E-state index in [1.165, 1.54) is 41.0 Å². The van der Waals surface area contributed by atoms with Gasteiger partial charge in [-0.3, -0.25) is 0 Å². The number of sulfonamides is 2. The van der Waals surface area contributed by atoms with Crippen LogP contribution in [-0.2, 0) is 26.5 Å². The smallest absolute Gasteiger partial charge is 0.243 e. The second kappa shape index (κ2) is 8.89. The zero-order chi connectivity index (χ0) is 22.9. The van der Waals surface area contributed by atoms with Gasteiger partial charge in [-0.2, -0.15) is 8.61 Å². The topological polar surface area (TPSA) is 102 Å². The fourth-order valence-corrected chi connectivity index (χ4v) is 6.83. The number of fused-ring (bicyclic) bond motifs is 1. The van der Waals surface area contributed by atoms with Gasteiger partial charge in [0.25, 0.3) is 0 Å². The van der Waals surface area contributed by atoms with Crippen LogP contribution in [0.15, 0.2) is 46.2 Å². The van der Waals surface area contributed by atoms with Crippen molar-refractivity contribution in [3.63, 3.8) is 0 Å². The van der Waals surface area contributed by atoms with Crippen LogP contribution >= 0.6 is 0 Å². The first-order chi connectivity index (χ1) is 15.3. The Morgan fingerprint density at radius 3 is 1.94 bits per heavy atom. The number of rotatable bonds is 6. The number of aryl methyl sites for hydroxylation is 1. The number of methoxy groups -OCH3 is 2. The van der Waals surface area contributed by atoms with E-state index in [0.29, 0.717) is 18.1 Å². The van der Waals surface area contributed by atoms with Crippen LogP contribution in [0.5, 0.6) is 17.2 Å². The molecule has 2 heterocycles. The van der Waals surface area contributed by atoms with E-state index in [1.807, 2.05) is 0 Å². The molecule has 9 nitrogen and oxygen atoms in total. The number of benzene rings is 2. The van der Waals surface area contributed by atoms with Crippen LogP contribution in [0.4, 0.5) is 0 Å². The van der Waals surface area contributed by atoms with Gasteiger partial charge in [-0.1, -0.05) is 0 Å². The quantitative estimate of drug-likeness (QED) is 0.618. The first-order valence-electron chi connectivity index (χ1n) is 10.3. The van der Waals surface area contributed by atoms with Gasteiger partial charge in [-0.25, -0.2) is 16.8 Å². The van der Waals surface area contributed by atoms with Gasteiger partial charge >= 0.3 is 0 Å². The van der Waals surface area contributed by atoms with Gasteiger partial charge in [0.15, 0.2) is 11.5 Å². The van der Waals surface area contributed by atoms with Crippen LogP contribution < -0.4 is 14.2 Å². The Kier molecular flexibility index (Phi) is 6.35. The molecule has 0 amide bonds. The van der Waals surface area contributed by atoms with Crippen LogP contribution in [0.2, 0.25) is 0 Å². The summed E-state index contributed by atoms with van der Waals surface area (Å²) >= 11 is 0. The van der Waals surface area contributed by atoms with Crippen LogP contribution in [0.25, 0.3) is 0 Å². The lowest BCUT2D eigenvalue weighted by Crippen LogP contribution is -2.50. The van der Waals surface area contributed by atoms with Gasteiger partial charge < -0.3 is 14.2 Å². The van der Waals surface area contributed by atoms with Crippen LogP contribution in [-0.4, -0.2) is 72.5 Å². The molecule has 1 saturated heterocycles. The fourth-order valence-electron chi connectivity index (χ4n) is 3.92. The lowest BCUT2D eigenvalue weighted by Gasteiger charge is -2.33. The molecule has 2 aromatic rings. The average Bonchev–Trinajstić information content (AvgIpc) is 2.83. The third-order valence-corrected chi connectivity index (χ3v) is 9.50. The van der Waals surface area contributed by atoms with Gasteiger partial charge in [0, 0.05) is 32.2 Å². The summed E-state index contributed by atoms with van der Waals surface area (Å²) in [7, 11) is -4.63. The van der Waals surface area contributed by atoms with E-state index < -0.39 is 20.0 Å². The second-order valence-electron chi connectivity index (χ2n) is 7.55. The summed E-state index contributed by atoms with van der Waals surface area (Å²) in [6.07, 6.45) is 1.62. The molecular weight excluding hydrogens is 456 g/mol. The predicted molar refractivity (Wildman–Crippen MR) is 117 cm³/mol. The molecule has 1 fully saturated rings. The first-order valence-corrected chi connectivity index (χ1v) is 13.1. The molecule has 2 aliphatic heterocycles. The molecule has 2 aliphatic rings. The highest BCUT2D eigenvalue weighted by Crippen LogP contribution is 2.32. The van der Waals surface area contributed by atoms with Crippen molar-refractivity contribution < 1.29 is 31.0 Å². The Morgan fingerprint density at radius 2 is 1.34 bits per heavy atom. The highest BCUT2D eigenvalue weighted by Gasteiger charge is 2.34. The van der Waals surface area contributed by atoms with E-state index in [0.717, 1.165) is 24.2 Å². The van der Waals surface area contributed by atoms with Crippen molar-refractivity contribution in [2.45, 2.75) is 22.6 Å². The Labute approximate surface area is 188 Å². The fraction of sp³-hybridized carbons (Fsp3) is 0.429. The van der Waals surface area contributed by atoms with Crippen molar-refractivity contribution in [1.82, 2.24) is 8.61 Å². The number of ether oxygens (including phenoxy) is 3. The second-order valence-corrected chi connectivity index (χ2v) is 11.4. The summed E-state index contributed by atoms with van der Waals surface area (Å²) < 4.78 is 71.0. The van der Waals surface area contributed by atoms with E-state index >= 15 is 0 Å². The summed E-state index contributed by atoms with van der Waals surface area (Å²) in [6.45, 7) is 0.897. The van der Waals surface area contributed by atoms with E-state index in [2.05, 4.69) is 0 Å². The third-order valence-electron chi connectivity index (χ3n) is 5.71. The van der Waals surface area contributed by atoms with Crippen molar-refractivity contribution in [2.24, 2.45) is 0 Å². The Bertz CT molecular complexity index is 1130. The molecule has 0 atom stereocenters. The maximum atomic E-state index is 13.1. The molecule has 0 spiro atoms. The van der Waals surface area contributed by atoms with Crippen molar-refractivity contribution in [1.29, 1.82) is 0 Å². The van der Waals surface area contributed by atoms with E-state index in [4.69, 9.17) is 14.2 Å². The molecule has 2 aromatic carbocycles. The first kappa shape index (κ1) is 22.8. The highest BCUT2D eigenvalue weighted by molar-refractivity contribution is 7.89. The molecule has 0 N–H and O–H groups in total. The van der Waals surface area contributed by atoms with E-state index in [-0.39, 0.29) is 36.0 Å². The maximum Gasteiger partial charge on any atom is 0.243 e. The number of piperazine rings is 1. The van der Waals surface area contributed by atoms with Gasteiger partial charge in [-0.05, 0) is 48.7 Å². The molecule has 0 radical (unpaired) electrons. The van der Waals surface area contributed by atoms with Gasteiger partial charge in [0.1, 0.15) is 5.75 Å². The minimum absolute atomic E-state index is 0.0595. The van der Waals surface area contributed by atoms with Crippen LogP contribution in [0.3, 0.4) is 0 Å². The standard InChI is InChI=1S/C21H26N2O7S2/c1-28-20-8-6-18(15-21(20)29-2)32(26,27)23-11-9-22(10-12-23)31(24,25)17-5-7-19-16(14-17)4-3-13-30-19/h5-8,14-15H,3-4,9-13H2,1-2H3. The molecule has 0 aromatic heterocycles. The lowest BCUT2D eigenvalue weighted by atomic mass is 10.1. The van der Waals surface area contributed by atoms with Gasteiger partial charge in [-0.15, -0.1) is 0 Å². The number of hydrogen-bond acceptors (Lipinski definition) is 7. The summed E-state index contributed by atoms with van der Waals surface area (Å²) in [6, 6.07) is 9.30. The Hall–Kier alpha value is -2.34. The largest absolute Gasteiger partial charge is 0.493 e. The molecular formula is C21H26N2O7S2. The third kappa shape index (κ3) is 4.17. The lowest BCUT2D eigenvalue weighted by molar-refractivity contribution is 0.272. The molecule has 32 heavy (non-hydrogen) atoms. The zero-order valence-electron chi connectivity index (χ0n) is 18.0. The van der Waals surface area contributed by atoms with Gasteiger partial charge in [0.2, 0.25) is 20.0 Å². The molecule has 11 heteroatoms. The molecule has 0 saturated carbocycles. The number of nitrogens with zero attached hydrogens (tertiary/aromatic N) is 2. The van der Waals surface area contributed by atoms with Crippen LogP contribution in [0.1, 0.15) is 12.0 Å². The molecule has 0 aliphatic carbocycles. The zero-order valence-corrected chi connectivity index (χ0v) is 19.6. The van der Waals surface area contributed by atoms with Crippen molar-refractivity contribution in [3.8, 4) is 17.2 Å². The van der Waals surface area contributed by atoms with Crippen molar-refractivity contribution in [2.75, 3.05) is 47.0 Å². The Morgan fingerprint density at radius 1 is 0.781 bits per heavy atom. The summed E-state index contributed by atoms with van der Waals surface area (Å²) in [4.78, 5) is 0.277. The highest BCUT2D eigenvalue weighted by atomic mass is 32.2. The predicted octanol–water partition coefficient (Wildman–Crippen LogP) is 1.72. The summed E-state index contributed by atoms with van der Waals surface area (Å²) in [5.74, 6) is 1.46. The van der Waals surface area contributed by atoms with Crippen LogP contribution in [0, 0.1) is 0 Å². The minimum atomic E-state index is -3.81. The summed E-state index contributed by atoms with van der Waals surface area (Å²) in [5.41, 5.74) is 0.881. The minimum Gasteiger partial charge on any atom is -0.493 e. The molecule has 0 unspecified atom stereocenters. The van der Waals surface area contributed by atoms with Crippen molar-refractivity contribution >= 4 is 20.0 Å². The average molecular weight is 483 g/mol. The summed E-state index contributed by atoms with van der Waals surface area (Å²) in [5, 5.41) is 0. The Balaban J connectivity index is 1.50. The monoisotopic (exact) mass is 482 g/mol. The molecule has 4 rings (SSSR count). The molecule has 0 bridgehead atoms. The van der Waals surface area contributed by atoms with E-state index in [1.54, 1.807) is 18.2 Å². The maximum absolute atomic E-state index is 13.1. The van der Waals surface area contributed by atoms with E-state index in [9.17, 15) is 16.8 Å². The van der Waals surface area contributed by atoms with Crippen molar-refractivity contribution in [3.05, 3.63) is 42.0 Å². The number of hydrogen-bond donors (Lipinski definition) is 0.